The summed E-state index contributed by atoms with van der Waals surface area (Å²) in [5.41, 5.74) is 1.08. The number of urea groups is 1. The average molecular weight is 294 g/mol. The van der Waals surface area contributed by atoms with E-state index in [4.69, 9.17) is 9.84 Å². The Morgan fingerprint density at radius 3 is 2.67 bits per heavy atom. The van der Waals surface area contributed by atoms with Crippen molar-refractivity contribution in [2.45, 2.75) is 19.8 Å². The molecule has 1 atom stereocenters. The summed E-state index contributed by atoms with van der Waals surface area (Å²) in [6.45, 7) is 2.47. The van der Waals surface area contributed by atoms with Crippen LogP contribution in [-0.2, 0) is 11.2 Å². The van der Waals surface area contributed by atoms with Crippen LogP contribution in [0.25, 0.3) is 0 Å². The molecular weight excluding hydrogens is 272 g/mol. The van der Waals surface area contributed by atoms with E-state index in [1.165, 1.54) is 0 Å². The van der Waals surface area contributed by atoms with Gasteiger partial charge in [-0.1, -0.05) is 19.1 Å². The molecule has 3 N–H and O–H groups in total. The zero-order valence-corrected chi connectivity index (χ0v) is 12.4. The number of benzene rings is 1. The van der Waals surface area contributed by atoms with Crippen LogP contribution in [0.15, 0.2) is 24.3 Å². The van der Waals surface area contributed by atoms with Crippen LogP contribution in [0.1, 0.15) is 18.9 Å². The van der Waals surface area contributed by atoms with Gasteiger partial charge in [-0.25, -0.2) is 4.79 Å². The summed E-state index contributed by atoms with van der Waals surface area (Å²) in [5.74, 6) is -0.517. The predicted molar refractivity (Wildman–Crippen MR) is 79.5 cm³/mol. The maximum atomic E-state index is 11.5. The lowest BCUT2D eigenvalue weighted by atomic mass is 10.1. The number of ether oxygens (including phenoxy) is 1. The fraction of sp³-hybridized carbons (Fsp3) is 0.467. The number of carboxylic acids is 1. The Hall–Kier alpha value is -2.24. The molecule has 1 aromatic carbocycles. The van der Waals surface area contributed by atoms with E-state index in [2.05, 4.69) is 10.6 Å². The highest BCUT2D eigenvalue weighted by Gasteiger charge is 2.10. The van der Waals surface area contributed by atoms with Gasteiger partial charge in [0.1, 0.15) is 5.75 Å². The molecule has 0 aromatic heterocycles. The first kappa shape index (κ1) is 16.8. The molecule has 1 unspecified atom stereocenters. The van der Waals surface area contributed by atoms with Crippen LogP contribution in [0.3, 0.4) is 0 Å². The first-order chi connectivity index (χ1) is 10.0. The minimum absolute atomic E-state index is 0.282. The smallest absolute Gasteiger partial charge is 0.314 e. The Balaban J connectivity index is 2.19. The van der Waals surface area contributed by atoms with E-state index in [9.17, 15) is 9.59 Å². The molecule has 0 aliphatic heterocycles. The molecule has 21 heavy (non-hydrogen) atoms. The molecule has 1 rings (SSSR count). The minimum atomic E-state index is -0.852. The standard InChI is InChI=1S/C15H22N2O4/c1-11(14(18)19)6-8-16-15(20)17-9-7-12-4-3-5-13(10-12)21-2/h3-5,10-11H,6-9H2,1-2H3,(H,18,19)(H2,16,17,20). The van der Waals surface area contributed by atoms with Crippen molar-refractivity contribution < 1.29 is 19.4 Å². The van der Waals surface area contributed by atoms with Gasteiger partial charge >= 0.3 is 12.0 Å². The number of carbonyl (C=O) groups is 2. The van der Waals surface area contributed by atoms with Crippen LogP contribution in [0.4, 0.5) is 4.79 Å². The van der Waals surface area contributed by atoms with E-state index in [1.54, 1.807) is 14.0 Å². The molecule has 0 saturated heterocycles. The lowest BCUT2D eigenvalue weighted by Crippen LogP contribution is -2.37. The molecule has 0 heterocycles. The molecule has 6 heteroatoms. The van der Waals surface area contributed by atoms with Crippen LogP contribution >= 0.6 is 0 Å². The number of methoxy groups -OCH3 is 1. The fourth-order valence-corrected chi connectivity index (χ4v) is 1.74. The van der Waals surface area contributed by atoms with Gasteiger partial charge in [0.25, 0.3) is 0 Å². The molecule has 0 aliphatic rings. The molecular formula is C15H22N2O4. The lowest BCUT2D eigenvalue weighted by Gasteiger charge is -2.09. The van der Waals surface area contributed by atoms with Crippen molar-refractivity contribution >= 4 is 12.0 Å². The van der Waals surface area contributed by atoms with Crippen molar-refractivity contribution in [3.63, 3.8) is 0 Å². The Morgan fingerprint density at radius 2 is 2.00 bits per heavy atom. The third-order valence-corrected chi connectivity index (χ3v) is 3.12. The summed E-state index contributed by atoms with van der Waals surface area (Å²) in [6.07, 6.45) is 1.12. The van der Waals surface area contributed by atoms with Crippen molar-refractivity contribution in [2.24, 2.45) is 5.92 Å². The van der Waals surface area contributed by atoms with Crippen LogP contribution in [-0.4, -0.2) is 37.3 Å². The number of aliphatic carboxylic acids is 1. The second-order valence-electron chi connectivity index (χ2n) is 4.81. The minimum Gasteiger partial charge on any atom is -0.497 e. The third kappa shape index (κ3) is 6.65. The predicted octanol–water partition coefficient (Wildman–Crippen LogP) is 1.65. The van der Waals surface area contributed by atoms with Gasteiger partial charge < -0.3 is 20.5 Å². The quantitative estimate of drug-likeness (QED) is 0.680. The Morgan fingerprint density at radius 1 is 1.29 bits per heavy atom. The zero-order valence-electron chi connectivity index (χ0n) is 12.4. The molecule has 0 fully saturated rings. The van der Waals surface area contributed by atoms with Gasteiger partial charge in [-0.3, -0.25) is 4.79 Å². The first-order valence-electron chi connectivity index (χ1n) is 6.90. The van der Waals surface area contributed by atoms with Crippen molar-refractivity contribution in [3.8, 4) is 5.75 Å². The van der Waals surface area contributed by atoms with Gasteiger partial charge in [-0.05, 0) is 30.5 Å². The molecule has 0 spiro atoms. The van der Waals surface area contributed by atoms with E-state index in [0.717, 1.165) is 11.3 Å². The van der Waals surface area contributed by atoms with Crippen molar-refractivity contribution in [3.05, 3.63) is 29.8 Å². The normalized spacial score (nSPS) is 11.5. The van der Waals surface area contributed by atoms with Crippen molar-refractivity contribution in [1.29, 1.82) is 0 Å². The summed E-state index contributed by atoms with van der Waals surface area (Å²) >= 11 is 0. The van der Waals surface area contributed by atoms with E-state index in [-0.39, 0.29) is 6.03 Å². The Kier molecular flexibility index (Phi) is 7.08. The second kappa shape index (κ2) is 8.84. The lowest BCUT2D eigenvalue weighted by molar-refractivity contribution is -0.141. The number of carboxylic acid groups (broad SMARTS) is 1. The molecule has 0 aliphatic carbocycles. The van der Waals surface area contributed by atoms with E-state index >= 15 is 0 Å². The van der Waals surface area contributed by atoms with Gasteiger partial charge in [0, 0.05) is 13.1 Å². The largest absolute Gasteiger partial charge is 0.497 e. The number of carbonyl (C=O) groups excluding carboxylic acids is 1. The molecule has 116 valence electrons. The maximum absolute atomic E-state index is 11.5. The average Bonchev–Trinajstić information content (AvgIpc) is 2.47. The Labute approximate surface area is 124 Å². The third-order valence-electron chi connectivity index (χ3n) is 3.12. The zero-order chi connectivity index (χ0) is 15.7. The highest BCUT2D eigenvalue weighted by molar-refractivity contribution is 5.74. The second-order valence-corrected chi connectivity index (χ2v) is 4.81. The van der Waals surface area contributed by atoms with Crippen molar-refractivity contribution in [1.82, 2.24) is 10.6 Å². The summed E-state index contributed by atoms with van der Waals surface area (Å²) in [5, 5.41) is 14.1. The molecule has 1 aromatic rings. The number of amides is 2. The van der Waals surface area contributed by atoms with E-state index in [0.29, 0.717) is 25.9 Å². The van der Waals surface area contributed by atoms with Gasteiger partial charge in [-0.15, -0.1) is 0 Å². The fourth-order valence-electron chi connectivity index (χ4n) is 1.74. The number of hydrogen-bond donors (Lipinski definition) is 3. The van der Waals surface area contributed by atoms with Crippen molar-refractivity contribution in [2.75, 3.05) is 20.2 Å². The first-order valence-corrected chi connectivity index (χ1v) is 6.90. The summed E-state index contributed by atoms with van der Waals surface area (Å²) < 4.78 is 5.13. The highest BCUT2D eigenvalue weighted by atomic mass is 16.5. The SMILES string of the molecule is COc1cccc(CCNC(=O)NCCC(C)C(=O)O)c1. The number of nitrogens with one attached hydrogen (secondary N) is 2. The molecule has 2 amide bonds. The monoisotopic (exact) mass is 294 g/mol. The van der Waals surface area contributed by atoms with E-state index < -0.39 is 11.9 Å². The van der Waals surface area contributed by atoms with E-state index in [1.807, 2.05) is 24.3 Å². The van der Waals surface area contributed by atoms with Gasteiger partial charge in [0.15, 0.2) is 0 Å². The molecule has 0 radical (unpaired) electrons. The van der Waals surface area contributed by atoms with Gasteiger partial charge in [-0.2, -0.15) is 0 Å². The molecule has 0 saturated carbocycles. The van der Waals surface area contributed by atoms with Crippen LogP contribution in [0, 0.1) is 5.92 Å². The van der Waals surface area contributed by atoms with Crippen LogP contribution in [0.5, 0.6) is 5.75 Å². The Bertz CT molecular complexity index is 476. The van der Waals surface area contributed by atoms with Crippen LogP contribution in [0.2, 0.25) is 0 Å². The van der Waals surface area contributed by atoms with Gasteiger partial charge in [0.05, 0.1) is 13.0 Å². The van der Waals surface area contributed by atoms with Crippen LogP contribution < -0.4 is 15.4 Å². The summed E-state index contributed by atoms with van der Waals surface area (Å²) in [6, 6.07) is 7.38. The molecule has 6 nitrogen and oxygen atoms in total. The molecule has 0 bridgehead atoms. The number of rotatable bonds is 8. The van der Waals surface area contributed by atoms with Gasteiger partial charge in [0.2, 0.25) is 0 Å². The summed E-state index contributed by atoms with van der Waals surface area (Å²) in [7, 11) is 1.61. The maximum Gasteiger partial charge on any atom is 0.314 e. The highest BCUT2D eigenvalue weighted by Crippen LogP contribution is 2.12. The number of hydrogen-bond acceptors (Lipinski definition) is 3. The summed E-state index contributed by atoms with van der Waals surface area (Å²) in [4.78, 5) is 22.1. The topological polar surface area (TPSA) is 87.7 Å².